The van der Waals surface area contributed by atoms with Gasteiger partial charge in [0.15, 0.2) is 17.5 Å². The zero-order valence-corrected chi connectivity index (χ0v) is 20.9. The summed E-state index contributed by atoms with van der Waals surface area (Å²) in [6, 6.07) is 0. The number of hydrogen-bond donors (Lipinski definition) is 0. The molecule has 2 aliphatic carbocycles. The van der Waals surface area contributed by atoms with E-state index in [0.717, 1.165) is 0 Å². The Morgan fingerprint density at radius 3 is 2.27 bits per heavy atom. The van der Waals surface area contributed by atoms with Crippen LogP contribution < -0.4 is 0 Å². The fourth-order valence-electron chi connectivity index (χ4n) is 7.95. The molecule has 0 aromatic heterocycles. The molecule has 0 aromatic rings. The minimum Gasteiger partial charge on any atom is -0.469 e. The lowest BCUT2D eigenvalue weighted by Crippen LogP contribution is -2.73. The van der Waals surface area contributed by atoms with Gasteiger partial charge < -0.3 is 23.7 Å². The Morgan fingerprint density at radius 1 is 1.00 bits per heavy atom. The van der Waals surface area contributed by atoms with Crippen LogP contribution in [0.1, 0.15) is 66.2 Å². The molecule has 7 atom stereocenters. The van der Waals surface area contributed by atoms with Gasteiger partial charge in [-0.05, 0) is 43.9 Å². The predicted octanol–water partition coefficient (Wildman–Crippen LogP) is 3.05. The summed E-state index contributed by atoms with van der Waals surface area (Å²) in [6.45, 7) is 8.28. The third kappa shape index (κ3) is 3.02. The van der Waals surface area contributed by atoms with E-state index in [4.69, 9.17) is 23.7 Å². The molecule has 8 nitrogen and oxygen atoms in total. The molecular weight excluding hydrogens is 428 g/mol. The number of carbonyl (C=O) groups excluding carboxylic acids is 3. The standard InChI is InChI=1S/C25H38O8/c1-21(2)15(19(27)30-6)8-9-22(3)16(21)12-17(26)23(4,20(28)31-7)25(22)11-10-24(33-25)13-18(29-5)32-14-24/h15-16,18H,8-14H2,1-7H3/t15-,16-,18+,22-,23+,24-,25-/m0/s1. The lowest BCUT2D eigenvalue weighted by atomic mass is 9.39. The summed E-state index contributed by atoms with van der Waals surface area (Å²) >= 11 is 0. The first-order valence-corrected chi connectivity index (χ1v) is 11.9. The molecule has 4 aliphatic rings. The molecule has 2 spiro atoms. The van der Waals surface area contributed by atoms with Gasteiger partial charge in [-0.3, -0.25) is 14.4 Å². The van der Waals surface area contributed by atoms with Gasteiger partial charge in [0.25, 0.3) is 0 Å². The number of hydrogen-bond acceptors (Lipinski definition) is 8. The number of Topliss-reactive ketones (excluding diaryl/α,β-unsaturated/α-hetero) is 1. The van der Waals surface area contributed by atoms with Gasteiger partial charge in [0.2, 0.25) is 0 Å². The second-order valence-corrected chi connectivity index (χ2v) is 11.4. The largest absolute Gasteiger partial charge is 0.469 e. The molecule has 2 heterocycles. The highest BCUT2D eigenvalue weighted by atomic mass is 16.7. The van der Waals surface area contributed by atoms with Gasteiger partial charge >= 0.3 is 11.9 Å². The molecule has 0 bridgehead atoms. The van der Waals surface area contributed by atoms with Gasteiger partial charge in [0, 0.05) is 25.4 Å². The Balaban J connectivity index is 1.85. The number of methoxy groups -OCH3 is 3. The smallest absolute Gasteiger partial charge is 0.322 e. The summed E-state index contributed by atoms with van der Waals surface area (Å²) in [6.07, 6.45) is 2.81. The van der Waals surface area contributed by atoms with E-state index in [1.165, 1.54) is 14.2 Å². The van der Waals surface area contributed by atoms with Gasteiger partial charge in [-0.2, -0.15) is 0 Å². The molecule has 2 aliphatic heterocycles. The molecule has 4 fully saturated rings. The van der Waals surface area contributed by atoms with Crippen molar-refractivity contribution in [1.29, 1.82) is 0 Å². The monoisotopic (exact) mass is 466 g/mol. The average molecular weight is 467 g/mol. The van der Waals surface area contributed by atoms with E-state index >= 15 is 0 Å². The molecule has 8 heteroatoms. The zero-order valence-electron chi connectivity index (χ0n) is 20.9. The van der Waals surface area contributed by atoms with Crippen LogP contribution in [0.3, 0.4) is 0 Å². The summed E-state index contributed by atoms with van der Waals surface area (Å²) < 4.78 is 28.6. The second kappa shape index (κ2) is 7.75. The molecular formula is C25H38O8. The van der Waals surface area contributed by atoms with E-state index in [1.807, 2.05) is 13.8 Å². The molecule has 2 saturated heterocycles. The van der Waals surface area contributed by atoms with Crippen LogP contribution in [-0.4, -0.2) is 63.2 Å². The maximum absolute atomic E-state index is 13.9. The average Bonchev–Trinajstić information content (AvgIpc) is 3.38. The number of fused-ring (bicyclic) bond motifs is 2. The van der Waals surface area contributed by atoms with E-state index in [1.54, 1.807) is 14.0 Å². The molecule has 0 N–H and O–H groups in total. The number of ether oxygens (including phenoxy) is 5. The van der Waals surface area contributed by atoms with Crippen molar-refractivity contribution in [3.63, 3.8) is 0 Å². The highest BCUT2D eigenvalue weighted by molar-refractivity contribution is 6.06. The first-order chi connectivity index (χ1) is 15.4. The SMILES string of the molecule is COC(=O)[C@@H]1CC[C@@]2(C)[C@@H](CC(=O)[C@](C)(C(=O)OC)[C@]23CC[C@]2(CO[C@@H](OC)C2)O3)C1(C)C. The van der Waals surface area contributed by atoms with Crippen molar-refractivity contribution >= 4 is 17.7 Å². The normalized spacial score (nSPS) is 46.4. The summed E-state index contributed by atoms with van der Waals surface area (Å²) in [4.78, 5) is 39.9. The minimum atomic E-state index is -1.45. The van der Waals surface area contributed by atoms with Crippen molar-refractivity contribution in [3.8, 4) is 0 Å². The third-order valence-electron chi connectivity index (χ3n) is 9.93. The fraction of sp³-hybridized carbons (Fsp3) is 0.880. The van der Waals surface area contributed by atoms with E-state index in [2.05, 4.69) is 6.92 Å². The minimum absolute atomic E-state index is 0.163. The summed E-state index contributed by atoms with van der Waals surface area (Å²) in [7, 11) is 4.33. The van der Waals surface area contributed by atoms with Crippen LogP contribution in [0.5, 0.6) is 0 Å². The van der Waals surface area contributed by atoms with Crippen molar-refractivity contribution < 1.29 is 38.1 Å². The molecule has 0 unspecified atom stereocenters. The van der Waals surface area contributed by atoms with Crippen molar-refractivity contribution in [2.75, 3.05) is 27.9 Å². The molecule has 4 rings (SSSR count). The van der Waals surface area contributed by atoms with Crippen molar-refractivity contribution in [2.45, 2.75) is 83.7 Å². The Kier molecular flexibility index (Phi) is 5.78. The topological polar surface area (TPSA) is 97.4 Å². The fourth-order valence-corrected chi connectivity index (χ4v) is 7.95. The van der Waals surface area contributed by atoms with E-state index in [0.29, 0.717) is 38.7 Å². The number of carbonyl (C=O) groups is 3. The van der Waals surface area contributed by atoms with Crippen molar-refractivity contribution in [3.05, 3.63) is 0 Å². The van der Waals surface area contributed by atoms with Crippen LogP contribution >= 0.6 is 0 Å². The van der Waals surface area contributed by atoms with Crippen LogP contribution in [-0.2, 0) is 38.1 Å². The Hall–Kier alpha value is -1.51. The van der Waals surface area contributed by atoms with Gasteiger partial charge in [0.05, 0.1) is 37.9 Å². The highest BCUT2D eigenvalue weighted by Gasteiger charge is 2.78. The molecule has 0 amide bonds. The van der Waals surface area contributed by atoms with Gasteiger partial charge in [-0.25, -0.2) is 0 Å². The first kappa shape index (κ1) is 24.6. The Labute approximate surface area is 196 Å². The van der Waals surface area contributed by atoms with Gasteiger partial charge in [-0.1, -0.05) is 20.8 Å². The van der Waals surface area contributed by atoms with Gasteiger partial charge in [-0.15, -0.1) is 0 Å². The molecule has 186 valence electrons. The highest BCUT2D eigenvalue weighted by Crippen LogP contribution is 2.71. The van der Waals surface area contributed by atoms with Crippen molar-refractivity contribution in [1.82, 2.24) is 0 Å². The van der Waals surface area contributed by atoms with Crippen LogP contribution in [0.2, 0.25) is 0 Å². The molecule has 2 saturated carbocycles. The Morgan fingerprint density at radius 2 is 1.70 bits per heavy atom. The van der Waals surface area contributed by atoms with E-state index < -0.39 is 33.4 Å². The maximum atomic E-state index is 13.9. The molecule has 0 aromatic carbocycles. The quantitative estimate of drug-likeness (QED) is 0.462. The van der Waals surface area contributed by atoms with Crippen LogP contribution in [0.25, 0.3) is 0 Å². The number of rotatable bonds is 3. The molecule has 33 heavy (non-hydrogen) atoms. The van der Waals surface area contributed by atoms with E-state index in [9.17, 15) is 14.4 Å². The lowest BCUT2D eigenvalue weighted by molar-refractivity contribution is -0.270. The second-order valence-electron chi connectivity index (χ2n) is 11.4. The van der Waals surface area contributed by atoms with Crippen LogP contribution in [0, 0.1) is 28.1 Å². The Bertz CT molecular complexity index is 853. The number of esters is 2. The van der Waals surface area contributed by atoms with Gasteiger partial charge in [0.1, 0.15) is 0 Å². The first-order valence-electron chi connectivity index (χ1n) is 11.9. The summed E-state index contributed by atoms with van der Waals surface area (Å²) in [5.41, 5.74) is -4.19. The maximum Gasteiger partial charge on any atom is 0.322 e. The summed E-state index contributed by atoms with van der Waals surface area (Å²) in [5.74, 6) is -1.48. The molecule has 0 radical (unpaired) electrons. The van der Waals surface area contributed by atoms with E-state index in [-0.39, 0.29) is 36.3 Å². The van der Waals surface area contributed by atoms with Crippen LogP contribution in [0.15, 0.2) is 0 Å². The predicted molar refractivity (Wildman–Crippen MR) is 117 cm³/mol. The summed E-state index contributed by atoms with van der Waals surface area (Å²) in [5, 5.41) is 0. The lowest BCUT2D eigenvalue weighted by Gasteiger charge is -2.66. The zero-order chi connectivity index (χ0) is 24.4. The van der Waals surface area contributed by atoms with Crippen molar-refractivity contribution in [2.24, 2.45) is 28.1 Å². The van der Waals surface area contributed by atoms with Crippen LogP contribution in [0.4, 0.5) is 0 Å². The third-order valence-corrected chi connectivity index (χ3v) is 9.93. The number of ketones is 1.